The average molecular weight is 227 g/mol. The van der Waals surface area contributed by atoms with E-state index < -0.39 is 0 Å². The van der Waals surface area contributed by atoms with Gasteiger partial charge < -0.3 is 5.32 Å². The molecule has 86 valence electrons. The van der Waals surface area contributed by atoms with Crippen LogP contribution in [0.5, 0.6) is 0 Å². The first-order valence-electron chi connectivity index (χ1n) is 5.72. The highest BCUT2D eigenvalue weighted by molar-refractivity contribution is 7.05. The van der Waals surface area contributed by atoms with E-state index in [1.165, 1.54) is 29.3 Å². The summed E-state index contributed by atoms with van der Waals surface area (Å²) in [5, 5.41) is 7.63. The molecule has 0 saturated carbocycles. The molecule has 0 aliphatic heterocycles. The van der Waals surface area contributed by atoms with Crippen molar-refractivity contribution >= 4 is 11.5 Å². The van der Waals surface area contributed by atoms with Gasteiger partial charge in [-0.25, -0.2) is 0 Å². The topological polar surface area (TPSA) is 37.8 Å². The van der Waals surface area contributed by atoms with Crippen molar-refractivity contribution in [1.29, 1.82) is 0 Å². The Labute approximate surface area is 96.5 Å². The third kappa shape index (κ3) is 3.24. The predicted molar refractivity (Wildman–Crippen MR) is 65.1 cm³/mol. The molecule has 1 aromatic heterocycles. The van der Waals surface area contributed by atoms with Gasteiger partial charge >= 0.3 is 0 Å². The van der Waals surface area contributed by atoms with Crippen LogP contribution < -0.4 is 5.32 Å². The fourth-order valence-corrected chi connectivity index (χ4v) is 2.77. The van der Waals surface area contributed by atoms with Crippen LogP contribution in [-0.4, -0.2) is 16.1 Å². The number of aryl methyl sites for hydroxylation is 1. The van der Waals surface area contributed by atoms with Crippen molar-refractivity contribution in [3.63, 3.8) is 0 Å². The Morgan fingerprint density at radius 3 is 2.60 bits per heavy atom. The van der Waals surface area contributed by atoms with Crippen LogP contribution in [0.1, 0.15) is 50.2 Å². The molecule has 15 heavy (non-hydrogen) atoms. The first-order valence-corrected chi connectivity index (χ1v) is 6.50. The molecule has 0 amide bonds. The summed E-state index contributed by atoms with van der Waals surface area (Å²) in [5.41, 5.74) is 1.08. The molecule has 2 unspecified atom stereocenters. The van der Waals surface area contributed by atoms with E-state index >= 15 is 0 Å². The SMILES string of the molecule is CCCC(C)C(NCC)c1snnc1C. The van der Waals surface area contributed by atoms with Gasteiger partial charge in [0.05, 0.1) is 10.6 Å². The van der Waals surface area contributed by atoms with Gasteiger partial charge in [0.2, 0.25) is 0 Å². The molecule has 1 heterocycles. The minimum Gasteiger partial charge on any atom is -0.309 e. The lowest BCUT2D eigenvalue weighted by atomic mass is 9.95. The van der Waals surface area contributed by atoms with Gasteiger partial charge in [0, 0.05) is 6.04 Å². The maximum absolute atomic E-state index is 4.09. The van der Waals surface area contributed by atoms with Gasteiger partial charge in [0.25, 0.3) is 0 Å². The van der Waals surface area contributed by atoms with Crippen LogP contribution in [0.15, 0.2) is 0 Å². The van der Waals surface area contributed by atoms with E-state index in [2.05, 4.69) is 35.7 Å². The highest BCUT2D eigenvalue weighted by atomic mass is 32.1. The van der Waals surface area contributed by atoms with Crippen molar-refractivity contribution in [3.05, 3.63) is 10.6 Å². The van der Waals surface area contributed by atoms with Crippen LogP contribution in [0.3, 0.4) is 0 Å². The summed E-state index contributed by atoms with van der Waals surface area (Å²) in [6.45, 7) is 9.72. The molecule has 0 radical (unpaired) electrons. The average Bonchev–Trinajstić information content (AvgIpc) is 2.61. The van der Waals surface area contributed by atoms with E-state index in [0.717, 1.165) is 12.2 Å². The monoisotopic (exact) mass is 227 g/mol. The second kappa shape index (κ2) is 6.18. The van der Waals surface area contributed by atoms with Crippen LogP contribution in [-0.2, 0) is 0 Å². The molecule has 0 spiro atoms. The van der Waals surface area contributed by atoms with E-state index in [9.17, 15) is 0 Å². The van der Waals surface area contributed by atoms with Gasteiger partial charge in [0.1, 0.15) is 0 Å². The highest BCUT2D eigenvalue weighted by Crippen LogP contribution is 2.29. The lowest BCUT2D eigenvalue weighted by Gasteiger charge is -2.23. The van der Waals surface area contributed by atoms with Gasteiger partial charge in [-0.05, 0) is 37.3 Å². The number of nitrogens with zero attached hydrogens (tertiary/aromatic N) is 2. The Balaban J connectivity index is 2.77. The molecule has 1 N–H and O–H groups in total. The van der Waals surface area contributed by atoms with Crippen LogP contribution in [0.2, 0.25) is 0 Å². The van der Waals surface area contributed by atoms with Crippen LogP contribution in [0.4, 0.5) is 0 Å². The molecule has 1 rings (SSSR count). The minimum atomic E-state index is 0.426. The summed E-state index contributed by atoms with van der Waals surface area (Å²) in [6, 6.07) is 0.426. The lowest BCUT2D eigenvalue weighted by Crippen LogP contribution is -2.26. The van der Waals surface area contributed by atoms with Crippen molar-refractivity contribution in [2.75, 3.05) is 6.54 Å². The van der Waals surface area contributed by atoms with Crippen molar-refractivity contribution < 1.29 is 0 Å². The van der Waals surface area contributed by atoms with Crippen molar-refractivity contribution in [3.8, 4) is 0 Å². The number of nitrogens with one attached hydrogen (secondary N) is 1. The Hall–Kier alpha value is -0.480. The predicted octanol–water partition coefficient (Wildman–Crippen LogP) is 2.93. The Morgan fingerprint density at radius 1 is 1.40 bits per heavy atom. The third-order valence-electron chi connectivity index (χ3n) is 2.71. The first kappa shape index (κ1) is 12.6. The Bertz CT molecular complexity index is 285. The van der Waals surface area contributed by atoms with Gasteiger partial charge in [-0.2, -0.15) is 0 Å². The maximum Gasteiger partial charge on any atom is 0.0772 e. The van der Waals surface area contributed by atoms with E-state index in [-0.39, 0.29) is 0 Å². The Kier molecular flexibility index (Phi) is 5.19. The largest absolute Gasteiger partial charge is 0.309 e. The van der Waals surface area contributed by atoms with E-state index in [1.807, 2.05) is 6.92 Å². The first-order chi connectivity index (χ1) is 7.20. The number of hydrogen-bond acceptors (Lipinski definition) is 4. The molecule has 4 heteroatoms. The van der Waals surface area contributed by atoms with Crippen molar-refractivity contribution in [2.45, 2.75) is 46.6 Å². The number of rotatable bonds is 6. The summed E-state index contributed by atoms with van der Waals surface area (Å²) in [5.74, 6) is 0.649. The molecule has 0 saturated heterocycles. The summed E-state index contributed by atoms with van der Waals surface area (Å²) in [7, 11) is 0. The summed E-state index contributed by atoms with van der Waals surface area (Å²) >= 11 is 1.53. The molecule has 0 aliphatic rings. The van der Waals surface area contributed by atoms with E-state index in [0.29, 0.717) is 12.0 Å². The normalized spacial score (nSPS) is 15.2. The highest BCUT2D eigenvalue weighted by Gasteiger charge is 2.21. The second-order valence-electron chi connectivity index (χ2n) is 4.02. The second-order valence-corrected chi connectivity index (χ2v) is 4.81. The summed E-state index contributed by atoms with van der Waals surface area (Å²) in [4.78, 5) is 1.30. The van der Waals surface area contributed by atoms with Crippen molar-refractivity contribution in [2.24, 2.45) is 5.92 Å². The van der Waals surface area contributed by atoms with Gasteiger partial charge in [-0.1, -0.05) is 31.7 Å². The molecule has 0 bridgehead atoms. The van der Waals surface area contributed by atoms with E-state index in [4.69, 9.17) is 0 Å². The van der Waals surface area contributed by atoms with Crippen LogP contribution in [0.25, 0.3) is 0 Å². The molecular formula is C11H21N3S. The minimum absolute atomic E-state index is 0.426. The fraction of sp³-hybridized carbons (Fsp3) is 0.818. The van der Waals surface area contributed by atoms with Crippen LogP contribution >= 0.6 is 11.5 Å². The fourth-order valence-electron chi connectivity index (χ4n) is 1.92. The molecule has 3 nitrogen and oxygen atoms in total. The van der Waals surface area contributed by atoms with Gasteiger partial charge in [-0.3, -0.25) is 0 Å². The Morgan fingerprint density at radius 2 is 2.13 bits per heavy atom. The molecule has 0 aromatic carbocycles. The molecule has 2 atom stereocenters. The standard InChI is InChI=1S/C11H21N3S/c1-5-7-8(3)10(12-6-2)11-9(4)13-14-15-11/h8,10,12H,5-7H2,1-4H3. The zero-order chi connectivity index (χ0) is 11.3. The van der Waals surface area contributed by atoms with Gasteiger partial charge in [0.15, 0.2) is 0 Å². The smallest absolute Gasteiger partial charge is 0.0772 e. The lowest BCUT2D eigenvalue weighted by molar-refractivity contribution is 0.372. The molecule has 1 aromatic rings. The molecule has 0 fully saturated rings. The van der Waals surface area contributed by atoms with Gasteiger partial charge in [-0.15, -0.1) is 5.10 Å². The third-order valence-corrected chi connectivity index (χ3v) is 3.62. The zero-order valence-corrected chi connectivity index (χ0v) is 10.9. The van der Waals surface area contributed by atoms with Crippen molar-refractivity contribution in [1.82, 2.24) is 14.9 Å². The zero-order valence-electron chi connectivity index (χ0n) is 10.1. The summed E-state index contributed by atoms with van der Waals surface area (Å²) < 4.78 is 4.02. The summed E-state index contributed by atoms with van der Waals surface area (Å²) in [6.07, 6.45) is 2.48. The molecule has 0 aliphatic carbocycles. The number of aromatic nitrogens is 2. The number of hydrogen-bond donors (Lipinski definition) is 1. The van der Waals surface area contributed by atoms with E-state index in [1.54, 1.807) is 0 Å². The van der Waals surface area contributed by atoms with Crippen LogP contribution in [0, 0.1) is 12.8 Å². The quantitative estimate of drug-likeness (QED) is 0.812. The molecular weight excluding hydrogens is 206 g/mol. The maximum atomic E-state index is 4.09.